The monoisotopic (exact) mass is 415 g/mol. The Hall–Kier alpha value is -2.96. The third kappa shape index (κ3) is 3.88. The van der Waals surface area contributed by atoms with Crippen LogP contribution in [-0.2, 0) is 11.2 Å². The normalized spacial score (nSPS) is 16.6. The molecule has 1 aliphatic carbocycles. The molecule has 0 radical (unpaired) electrons. The van der Waals surface area contributed by atoms with Crippen LogP contribution in [0.15, 0.2) is 12.1 Å². The summed E-state index contributed by atoms with van der Waals surface area (Å²) in [5.41, 5.74) is 3.30. The molecular formula is C23H29NO6. The van der Waals surface area contributed by atoms with E-state index < -0.39 is 5.97 Å². The third-order valence-electron chi connectivity index (χ3n) is 5.73. The lowest BCUT2D eigenvalue weighted by Gasteiger charge is -2.24. The van der Waals surface area contributed by atoms with Crippen LogP contribution in [-0.4, -0.2) is 44.2 Å². The standard InChI is InChI=1S/C23H29NO6/c1-7-12(2)30-23(26)21-13(3)20-16(24-21)8-14(9-17(20)25)15-10-18(27-4)22(29-6)19(11-15)28-5/h10-12,14,24H,7-9H2,1-6H3/t12-,14-/m0/s1. The largest absolute Gasteiger partial charge is 0.493 e. The van der Waals surface area contributed by atoms with Gasteiger partial charge in [0, 0.05) is 17.7 Å². The van der Waals surface area contributed by atoms with Gasteiger partial charge in [-0.25, -0.2) is 4.79 Å². The lowest BCUT2D eigenvalue weighted by Crippen LogP contribution is -2.19. The predicted molar refractivity (Wildman–Crippen MR) is 112 cm³/mol. The molecule has 162 valence electrons. The van der Waals surface area contributed by atoms with E-state index in [1.807, 2.05) is 26.0 Å². The first-order chi connectivity index (χ1) is 14.3. The summed E-state index contributed by atoms with van der Waals surface area (Å²) >= 11 is 0. The molecule has 1 aliphatic rings. The number of rotatable bonds is 7. The number of hydrogen-bond acceptors (Lipinski definition) is 6. The molecule has 1 heterocycles. The molecule has 2 atom stereocenters. The number of Topliss-reactive ketones (excluding diaryl/α,β-unsaturated/α-hetero) is 1. The van der Waals surface area contributed by atoms with E-state index in [2.05, 4.69) is 4.98 Å². The zero-order chi connectivity index (χ0) is 22.0. The van der Waals surface area contributed by atoms with Crippen molar-refractivity contribution in [3.63, 3.8) is 0 Å². The predicted octanol–water partition coefficient (Wildman–Crippen LogP) is 4.22. The molecule has 0 unspecified atom stereocenters. The van der Waals surface area contributed by atoms with Crippen LogP contribution in [0.1, 0.15) is 70.3 Å². The number of H-pyrrole nitrogens is 1. The van der Waals surface area contributed by atoms with Crippen LogP contribution in [0.3, 0.4) is 0 Å². The summed E-state index contributed by atoms with van der Waals surface area (Å²) in [5.74, 6) is 1.11. The van der Waals surface area contributed by atoms with Gasteiger partial charge >= 0.3 is 5.97 Å². The Balaban J connectivity index is 1.95. The fourth-order valence-electron chi connectivity index (χ4n) is 3.94. The molecule has 2 aromatic rings. The average molecular weight is 415 g/mol. The topological polar surface area (TPSA) is 86.9 Å². The molecule has 3 rings (SSSR count). The highest BCUT2D eigenvalue weighted by Crippen LogP contribution is 2.43. The number of benzene rings is 1. The number of aromatic nitrogens is 1. The number of methoxy groups -OCH3 is 3. The minimum absolute atomic E-state index is 0.00587. The van der Waals surface area contributed by atoms with E-state index in [1.54, 1.807) is 28.3 Å². The van der Waals surface area contributed by atoms with Gasteiger partial charge in [0.25, 0.3) is 0 Å². The SMILES string of the molecule is CC[C@H](C)OC(=O)c1[nH]c2c(c1C)C(=O)C[C@@H](c1cc(OC)c(OC)c(OC)c1)C2. The van der Waals surface area contributed by atoms with Crippen molar-refractivity contribution < 1.29 is 28.5 Å². The molecule has 1 N–H and O–H groups in total. The molecule has 0 spiro atoms. The number of nitrogens with one attached hydrogen (secondary N) is 1. The van der Waals surface area contributed by atoms with Gasteiger partial charge < -0.3 is 23.9 Å². The number of carbonyl (C=O) groups is 2. The Bertz CT molecular complexity index is 936. The second kappa shape index (κ2) is 8.81. The van der Waals surface area contributed by atoms with Crippen LogP contribution in [0, 0.1) is 6.92 Å². The van der Waals surface area contributed by atoms with E-state index in [0.29, 0.717) is 46.9 Å². The van der Waals surface area contributed by atoms with Gasteiger partial charge in [-0.3, -0.25) is 4.79 Å². The summed E-state index contributed by atoms with van der Waals surface area (Å²) in [6, 6.07) is 3.75. The summed E-state index contributed by atoms with van der Waals surface area (Å²) in [6.07, 6.45) is 1.48. The molecular weight excluding hydrogens is 386 g/mol. The molecule has 1 aromatic carbocycles. The lowest BCUT2D eigenvalue weighted by molar-refractivity contribution is 0.0327. The first-order valence-electron chi connectivity index (χ1n) is 10.1. The second-order valence-electron chi connectivity index (χ2n) is 7.59. The molecule has 7 nitrogen and oxygen atoms in total. The molecule has 0 saturated carbocycles. The minimum Gasteiger partial charge on any atom is -0.493 e. The first-order valence-corrected chi connectivity index (χ1v) is 10.1. The maximum absolute atomic E-state index is 13.0. The van der Waals surface area contributed by atoms with E-state index in [9.17, 15) is 9.59 Å². The van der Waals surface area contributed by atoms with Crippen LogP contribution in [0.2, 0.25) is 0 Å². The number of hydrogen-bond donors (Lipinski definition) is 1. The van der Waals surface area contributed by atoms with Crippen LogP contribution >= 0.6 is 0 Å². The van der Waals surface area contributed by atoms with Crippen molar-refractivity contribution >= 4 is 11.8 Å². The quantitative estimate of drug-likeness (QED) is 0.682. The van der Waals surface area contributed by atoms with Gasteiger partial charge in [-0.1, -0.05) is 6.92 Å². The maximum Gasteiger partial charge on any atom is 0.355 e. The van der Waals surface area contributed by atoms with E-state index in [1.165, 1.54) is 0 Å². The molecule has 0 saturated heterocycles. The molecule has 7 heteroatoms. The Morgan fingerprint density at radius 2 is 1.77 bits per heavy atom. The Kier molecular flexibility index (Phi) is 6.39. The number of ether oxygens (including phenoxy) is 4. The Morgan fingerprint density at radius 1 is 1.13 bits per heavy atom. The van der Waals surface area contributed by atoms with Crippen molar-refractivity contribution in [3.8, 4) is 17.2 Å². The molecule has 1 aromatic heterocycles. The summed E-state index contributed by atoms with van der Waals surface area (Å²) in [4.78, 5) is 28.7. The van der Waals surface area contributed by atoms with Crippen molar-refractivity contribution in [1.29, 1.82) is 0 Å². The number of ketones is 1. The average Bonchev–Trinajstić information content (AvgIpc) is 3.09. The number of aromatic amines is 1. The molecule has 0 aliphatic heterocycles. The maximum atomic E-state index is 13.0. The van der Waals surface area contributed by atoms with Crippen LogP contribution in [0.4, 0.5) is 0 Å². The van der Waals surface area contributed by atoms with E-state index in [4.69, 9.17) is 18.9 Å². The van der Waals surface area contributed by atoms with Gasteiger partial charge in [0.05, 0.1) is 27.4 Å². The highest BCUT2D eigenvalue weighted by atomic mass is 16.5. The summed E-state index contributed by atoms with van der Waals surface area (Å²) in [6.45, 7) is 5.60. The van der Waals surface area contributed by atoms with Gasteiger partial charge in [0.1, 0.15) is 5.69 Å². The number of fused-ring (bicyclic) bond motifs is 1. The van der Waals surface area contributed by atoms with Crippen molar-refractivity contribution in [2.75, 3.05) is 21.3 Å². The highest BCUT2D eigenvalue weighted by molar-refractivity contribution is 6.03. The van der Waals surface area contributed by atoms with Gasteiger partial charge in [-0.2, -0.15) is 0 Å². The van der Waals surface area contributed by atoms with Gasteiger partial charge in [0.2, 0.25) is 5.75 Å². The van der Waals surface area contributed by atoms with Crippen molar-refractivity contribution in [1.82, 2.24) is 4.98 Å². The van der Waals surface area contributed by atoms with Crippen molar-refractivity contribution in [2.24, 2.45) is 0 Å². The first kappa shape index (κ1) is 21.7. The second-order valence-corrected chi connectivity index (χ2v) is 7.59. The third-order valence-corrected chi connectivity index (χ3v) is 5.73. The fraction of sp³-hybridized carbons (Fsp3) is 0.478. The zero-order valence-electron chi connectivity index (χ0n) is 18.4. The van der Waals surface area contributed by atoms with E-state index >= 15 is 0 Å². The van der Waals surface area contributed by atoms with Gasteiger partial charge in [0.15, 0.2) is 17.3 Å². The van der Waals surface area contributed by atoms with Crippen LogP contribution < -0.4 is 14.2 Å². The number of carbonyl (C=O) groups excluding carboxylic acids is 2. The van der Waals surface area contributed by atoms with Crippen LogP contribution in [0.5, 0.6) is 17.2 Å². The minimum atomic E-state index is -0.423. The smallest absolute Gasteiger partial charge is 0.355 e. The highest BCUT2D eigenvalue weighted by Gasteiger charge is 2.33. The van der Waals surface area contributed by atoms with Crippen molar-refractivity contribution in [3.05, 3.63) is 40.2 Å². The summed E-state index contributed by atoms with van der Waals surface area (Å²) < 4.78 is 21.7. The van der Waals surface area contributed by atoms with Gasteiger partial charge in [-0.05, 0) is 55.9 Å². The Morgan fingerprint density at radius 3 is 2.30 bits per heavy atom. The Labute approximate surface area is 176 Å². The van der Waals surface area contributed by atoms with Gasteiger partial charge in [-0.15, -0.1) is 0 Å². The summed E-state index contributed by atoms with van der Waals surface area (Å²) in [5, 5.41) is 0. The van der Waals surface area contributed by atoms with E-state index in [-0.39, 0.29) is 17.8 Å². The molecule has 0 fully saturated rings. The number of esters is 1. The fourth-order valence-corrected chi connectivity index (χ4v) is 3.94. The molecule has 0 amide bonds. The summed E-state index contributed by atoms with van der Waals surface area (Å²) in [7, 11) is 4.68. The van der Waals surface area contributed by atoms with Crippen molar-refractivity contribution in [2.45, 2.75) is 52.1 Å². The molecule has 0 bridgehead atoms. The zero-order valence-corrected chi connectivity index (χ0v) is 18.4. The van der Waals surface area contributed by atoms with Crippen LogP contribution in [0.25, 0.3) is 0 Å². The lowest BCUT2D eigenvalue weighted by atomic mass is 9.81. The van der Waals surface area contributed by atoms with E-state index in [0.717, 1.165) is 17.7 Å². The molecule has 30 heavy (non-hydrogen) atoms.